The quantitative estimate of drug-likeness (QED) is 0.888. The van der Waals surface area contributed by atoms with Gasteiger partial charge in [0.15, 0.2) is 6.04 Å². The normalized spacial score (nSPS) is 13.4. The third-order valence-corrected chi connectivity index (χ3v) is 4.91. The van der Waals surface area contributed by atoms with Crippen LogP contribution >= 0.6 is 11.3 Å². The van der Waals surface area contributed by atoms with Crippen molar-refractivity contribution in [3.8, 4) is 0 Å². The molecule has 0 saturated carbocycles. The number of hydrogen-bond donors (Lipinski definition) is 2. The number of carboxylic acids is 1. The van der Waals surface area contributed by atoms with Gasteiger partial charge in [-0.15, -0.1) is 11.3 Å². The summed E-state index contributed by atoms with van der Waals surface area (Å²) in [6.07, 6.45) is 0. The van der Waals surface area contributed by atoms with Gasteiger partial charge in [-0.05, 0) is 48.9 Å². The van der Waals surface area contributed by atoms with Crippen molar-refractivity contribution in [2.75, 3.05) is 0 Å². The average molecular weight is 317 g/mol. The Morgan fingerprint density at radius 2 is 1.91 bits per heavy atom. The third kappa shape index (κ3) is 3.36. The summed E-state index contributed by atoms with van der Waals surface area (Å²) >= 11 is 1.49. The molecular formula is C17H19NO3S. The summed E-state index contributed by atoms with van der Waals surface area (Å²) in [4.78, 5) is 24.9. The topological polar surface area (TPSA) is 66.4 Å². The summed E-state index contributed by atoms with van der Waals surface area (Å²) in [7, 11) is 0. The van der Waals surface area contributed by atoms with Crippen molar-refractivity contribution in [2.45, 2.75) is 32.7 Å². The first-order valence-electron chi connectivity index (χ1n) is 7.04. The molecule has 1 amide bonds. The van der Waals surface area contributed by atoms with Gasteiger partial charge in [-0.1, -0.05) is 24.3 Å². The monoisotopic (exact) mass is 317 g/mol. The minimum Gasteiger partial charge on any atom is -0.479 e. The lowest BCUT2D eigenvalue weighted by atomic mass is 9.97. The summed E-state index contributed by atoms with van der Waals surface area (Å²) in [5.74, 6) is -1.71. The molecule has 2 rings (SSSR count). The predicted molar refractivity (Wildman–Crippen MR) is 87.2 cm³/mol. The van der Waals surface area contributed by atoms with Crippen LogP contribution in [-0.2, 0) is 9.59 Å². The number of nitrogens with one attached hydrogen (secondary N) is 1. The maximum absolute atomic E-state index is 12.4. The highest BCUT2D eigenvalue weighted by Crippen LogP contribution is 2.24. The van der Waals surface area contributed by atoms with Crippen LogP contribution in [0, 0.1) is 13.8 Å². The number of carbonyl (C=O) groups excluding carboxylic acids is 1. The Hall–Kier alpha value is -2.14. The minimum atomic E-state index is -1.06. The lowest BCUT2D eigenvalue weighted by Crippen LogP contribution is -2.36. The SMILES string of the molecule is Cc1cccc(C(NC(=O)C(C)c2cccs2)C(=O)O)c1C. The fraction of sp³-hybridized carbons (Fsp3) is 0.294. The second kappa shape index (κ2) is 6.75. The molecule has 0 saturated heterocycles. The number of aryl methyl sites for hydroxylation is 1. The Kier molecular flexibility index (Phi) is 4.98. The van der Waals surface area contributed by atoms with Gasteiger partial charge in [0.1, 0.15) is 0 Å². The van der Waals surface area contributed by atoms with E-state index >= 15 is 0 Å². The summed E-state index contributed by atoms with van der Waals surface area (Å²) in [5.41, 5.74) is 2.52. The van der Waals surface area contributed by atoms with Crippen LogP contribution < -0.4 is 5.32 Å². The van der Waals surface area contributed by atoms with E-state index < -0.39 is 12.0 Å². The Morgan fingerprint density at radius 1 is 1.18 bits per heavy atom. The van der Waals surface area contributed by atoms with E-state index in [9.17, 15) is 14.7 Å². The molecule has 5 heteroatoms. The Balaban J connectivity index is 2.24. The van der Waals surface area contributed by atoms with Gasteiger partial charge in [-0.2, -0.15) is 0 Å². The van der Waals surface area contributed by atoms with E-state index in [2.05, 4.69) is 5.32 Å². The van der Waals surface area contributed by atoms with E-state index in [0.29, 0.717) is 5.56 Å². The van der Waals surface area contributed by atoms with Crippen molar-refractivity contribution in [2.24, 2.45) is 0 Å². The van der Waals surface area contributed by atoms with E-state index in [1.165, 1.54) is 11.3 Å². The highest BCUT2D eigenvalue weighted by molar-refractivity contribution is 7.10. The first-order valence-corrected chi connectivity index (χ1v) is 7.92. The van der Waals surface area contributed by atoms with Crippen LogP contribution in [0.5, 0.6) is 0 Å². The summed E-state index contributed by atoms with van der Waals surface area (Å²) in [5, 5.41) is 14.0. The molecule has 2 atom stereocenters. The summed E-state index contributed by atoms with van der Waals surface area (Å²) in [6.45, 7) is 5.58. The van der Waals surface area contributed by atoms with Crippen LogP contribution in [0.15, 0.2) is 35.7 Å². The Morgan fingerprint density at radius 3 is 2.50 bits per heavy atom. The van der Waals surface area contributed by atoms with E-state index in [0.717, 1.165) is 16.0 Å². The van der Waals surface area contributed by atoms with Gasteiger partial charge in [0, 0.05) is 4.88 Å². The molecule has 1 aromatic heterocycles. The molecule has 0 aliphatic rings. The van der Waals surface area contributed by atoms with Gasteiger partial charge in [-0.25, -0.2) is 4.79 Å². The van der Waals surface area contributed by atoms with E-state index in [1.54, 1.807) is 13.0 Å². The molecule has 0 fully saturated rings. The number of thiophene rings is 1. The number of amides is 1. The molecular weight excluding hydrogens is 298 g/mol. The van der Waals surface area contributed by atoms with Gasteiger partial charge in [-0.3, -0.25) is 4.79 Å². The predicted octanol–water partition coefficient (Wildman–Crippen LogP) is 3.41. The molecule has 116 valence electrons. The van der Waals surface area contributed by atoms with Crippen molar-refractivity contribution in [3.05, 3.63) is 57.3 Å². The molecule has 2 N–H and O–H groups in total. The largest absolute Gasteiger partial charge is 0.479 e. The van der Waals surface area contributed by atoms with Crippen LogP contribution in [-0.4, -0.2) is 17.0 Å². The molecule has 4 nitrogen and oxygen atoms in total. The molecule has 0 aliphatic heterocycles. The first-order chi connectivity index (χ1) is 10.4. The standard InChI is InChI=1S/C17H19NO3S/c1-10-6-4-7-13(11(10)2)15(17(20)21)18-16(19)12(3)14-8-5-9-22-14/h4-9,12,15H,1-3H3,(H,18,19)(H,20,21). The van der Waals surface area contributed by atoms with E-state index in [1.807, 2.05) is 43.5 Å². The molecule has 0 aliphatic carbocycles. The number of rotatable bonds is 5. The maximum Gasteiger partial charge on any atom is 0.330 e. The van der Waals surface area contributed by atoms with Gasteiger partial charge in [0.25, 0.3) is 0 Å². The van der Waals surface area contributed by atoms with Crippen LogP contribution in [0.2, 0.25) is 0 Å². The molecule has 0 spiro atoms. The zero-order valence-electron chi connectivity index (χ0n) is 12.8. The Labute approximate surface area is 133 Å². The van der Waals surface area contributed by atoms with E-state index in [-0.39, 0.29) is 11.8 Å². The molecule has 2 aromatic rings. The molecule has 22 heavy (non-hydrogen) atoms. The van der Waals surface area contributed by atoms with Crippen molar-refractivity contribution in [1.82, 2.24) is 5.32 Å². The lowest BCUT2D eigenvalue weighted by Gasteiger charge is -2.20. The number of carboxylic acid groups (broad SMARTS) is 1. The number of hydrogen-bond acceptors (Lipinski definition) is 3. The van der Waals surface area contributed by atoms with Crippen LogP contribution in [0.25, 0.3) is 0 Å². The zero-order chi connectivity index (χ0) is 16.3. The van der Waals surface area contributed by atoms with Crippen molar-refractivity contribution in [1.29, 1.82) is 0 Å². The molecule has 0 radical (unpaired) electrons. The van der Waals surface area contributed by atoms with Crippen LogP contribution in [0.1, 0.15) is 40.5 Å². The lowest BCUT2D eigenvalue weighted by molar-refractivity contribution is -0.142. The molecule has 1 heterocycles. The highest BCUT2D eigenvalue weighted by Gasteiger charge is 2.27. The second-order valence-electron chi connectivity index (χ2n) is 5.31. The highest BCUT2D eigenvalue weighted by atomic mass is 32.1. The van der Waals surface area contributed by atoms with Gasteiger partial charge in [0.2, 0.25) is 5.91 Å². The minimum absolute atomic E-state index is 0.282. The molecule has 2 unspecified atom stereocenters. The summed E-state index contributed by atoms with van der Waals surface area (Å²) < 4.78 is 0. The van der Waals surface area contributed by atoms with Crippen LogP contribution in [0.4, 0.5) is 0 Å². The third-order valence-electron chi connectivity index (χ3n) is 3.85. The smallest absolute Gasteiger partial charge is 0.330 e. The number of aliphatic carboxylic acids is 1. The van der Waals surface area contributed by atoms with Crippen molar-refractivity contribution in [3.63, 3.8) is 0 Å². The average Bonchev–Trinajstić information content (AvgIpc) is 3.01. The molecule has 1 aromatic carbocycles. The van der Waals surface area contributed by atoms with Crippen molar-refractivity contribution >= 4 is 23.2 Å². The number of carbonyl (C=O) groups is 2. The fourth-order valence-corrected chi connectivity index (χ4v) is 3.08. The fourth-order valence-electron chi connectivity index (χ4n) is 2.29. The zero-order valence-corrected chi connectivity index (χ0v) is 13.6. The Bertz CT molecular complexity index is 679. The number of benzene rings is 1. The second-order valence-corrected chi connectivity index (χ2v) is 6.29. The van der Waals surface area contributed by atoms with E-state index in [4.69, 9.17) is 0 Å². The van der Waals surface area contributed by atoms with Gasteiger partial charge >= 0.3 is 5.97 Å². The van der Waals surface area contributed by atoms with Crippen molar-refractivity contribution < 1.29 is 14.7 Å². The van der Waals surface area contributed by atoms with Gasteiger partial charge in [0.05, 0.1) is 5.92 Å². The van der Waals surface area contributed by atoms with Gasteiger partial charge < -0.3 is 10.4 Å². The first kappa shape index (κ1) is 16.2. The molecule has 0 bridgehead atoms. The summed E-state index contributed by atoms with van der Waals surface area (Å²) in [6, 6.07) is 8.20. The maximum atomic E-state index is 12.4. The van der Waals surface area contributed by atoms with Crippen LogP contribution in [0.3, 0.4) is 0 Å².